The SMILES string of the molecule is Cc1cccc(C)c1NS(=O)(=O)c1ccc(NC(=O)C(C)Oc2ccc(C(C)(C)C)cc2)cc1. The Labute approximate surface area is 202 Å². The van der Waals surface area contributed by atoms with E-state index in [0.717, 1.165) is 11.1 Å². The van der Waals surface area contributed by atoms with Crippen LogP contribution in [-0.4, -0.2) is 20.4 Å². The maximum Gasteiger partial charge on any atom is 0.265 e. The third kappa shape index (κ3) is 6.17. The summed E-state index contributed by atoms with van der Waals surface area (Å²) in [6.45, 7) is 11.8. The molecule has 0 fully saturated rings. The van der Waals surface area contributed by atoms with E-state index in [2.05, 4.69) is 30.8 Å². The van der Waals surface area contributed by atoms with Gasteiger partial charge in [0, 0.05) is 5.69 Å². The summed E-state index contributed by atoms with van der Waals surface area (Å²) >= 11 is 0. The number of carbonyl (C=O) groups is 1. The van der Waals surface area contributed by atoms with Crippen molar-refractivity contribution in [3.05, 3.63) is 83.4 Å². The molecule has 6 nitrogen and oxygen atoms in total. The van der Waals surface area contributed by atoms with Gasteiger partial charge in [-0.3, -0.25) is 9.52 Å². The van der Waals surface area contributed by atoms with Crippen LogP contribution in [0.4, 0.5) is 11.4 Å². The van der Waals surface area contributed by atoms with Gasteiger partial charge in [-0.1, -0.05) is 51.1 Å². The van der Waals surface area contributed by atoms with Gasteiger partial charge in [-0.25, -0.2) is 8.42 Å². The number of sulfonamides is 1. The molecule has 0 bridgehead atoms. The predicted octanol–water partition coefficient (Wildman–Crippen LogP) is 5.81. The van der Waals surface area contributed by atoms with Gasteiger partial charge < -0.3 is 10.1 Å². The monoisotopic (exact) mass is 480 g/mol. The fraction of sp³-hybridized carbons (Fsp3) is 0.296. The number of ether oxygens (including phenoxy) is 1. The minimum absolute atomic E-state index is 0.0371. The number of rotatable bonds is 7. The van der Waals surface area contributed by atoms with Crippen LogP contribution in [0.1, 0.15) is 44.4 Å². The number of hydrogen-bond donors (Lipinski definition) is 2. The molecule has 7 heteroatoms. The van der Waals surface area contributed by atoms with Gasteiger partial charge in [0.1, 0.15) is 5.75 Å². The number of benzene rings is 3. The Morgan fingerprint density at radius 3 is 1.97 bits per heavy atom. The van der Waals surface area contributed by atoms with E-state index in [1.54, 1.807) is 19.1 Å². The van der Waals surface area contributed by atoms with Gasteiger partial charge in [-0.05, 0) is 79.3 Å². The van der Waals surface area contributed by atoms with Gasteiger partial charge in [0.05, 0.1) is 10.6 Å². The van der Waals surface area contributed by atoms with Crippen molar-refractivity contribution >= 4 is 27.3 Å². The van der Waals surface area contributed by atoms with Crippen molar-refractivity contribution in [2.75, 3.05) is 10.0 Å². The molecular weight excluding hydrogens is 448 g/mol. The summed E-state index contributed by atoms with van der Waals surface area (Å²) in [6, 6.07) is 19.3. The minimum Gasteiger partial charge on any atom is -0.481 e. The average molecular weight is 481 g/mol. The minimum atomic E-state index is -3.76. The molecule has 0 aromatic heterocycles. The Morgan fingerprint density at radius 1 is 0.882 bits per heavy atom. The maximum atomic E-state index is 12.8. The smallest absolute Gasteiger partial charge is 0.265 e. The van der Waals surface area contributed by atoms with Crippen LogP contribution in [0.3, 0.4) is 0 Å². The van der Waals surface area contributed by atoms with Gasteiger partial charge in [0.15, 0.2) is 6.10 Å². The fourth-order valence-electron chi connectivity index (χ4n) is 3.42. The molecule has 0 aliphatic carbocycles. The van der Waals surface area contributed by atoms with Gasteiger partial charge in [-0.15, -0.1) is 0 Å². The molecule has 3 rings (SSSR count). The highest BCUT2D eigenvalue weighted by molar-refractivity contribution is 7.92. The molecule has 0 aliphatic rings. The Kier molecular flexibility index (Phi) is 7.36. The van der Waals surface area contributed by atoms with Crippen LogP contribution < -0.4 is 14.8 Å². The summed E-state index contributed by atoms with van der Waals surface area (Å²) in [7, 11) is -3.76. The standard InChI is InChI=1S/C27H32N2O4S/c1-18-8-7-9-19(2)25(18)29-34(31,32)24-16-12-22(13-17-24)28-26(30)20(3)33-23-14-10-21(11-15-23)27(4,5)6/h7-17,20,29H,1-6H3,(H,28,30). The van der Waals surface area contributed by atoms with Crippen molar-refractivity contribution < 1.29 is 17.9 Å². The van der Waals surface area contributed by atoms with Gasteiger partial charge in [0.2, 0.25) is 0 Å². The number of hydrogen-bond acceptors (Lipinski definition) is 4. The van der Waals surface area contributed by atoms with Crippen molar-refractivity contribution in [1.82, 2.24) is 0 Å². The molecular formula is C27H32N2O4S. The lowest BCUT2D eigenvalue weighted by Crippen LogP contribution is -2.30. The van der Waals surface area contributed by atoms with E-state index < -0.39 is 16.1 Å². The lowest BCUT2D eigenvalue weighted by molar-refractivity contribution is -0.122. The summed E-state index contributed by atoms with van der Waals surface area (Å²) in [5.41, 5.74) is 3.95. The maximum absolute atomic E-state index is 12.8. The molecule has 1 amide bonds. The Balaban J connectivity index is 1.64. The first-order valence-corrected chi connectivity index (χ1v) is 12.6. The van der Waals surface area contributed by atoms with E-state index in [9.17, 15) is 13.2 Å². The normalized spacial score (nSPS) is 12.6. The molecule has 0 spiro atoms. The predicted molar refractivity (Wildman–Crippen MR) is 137 cm³/mol. The quantitative estimate of drug-likeness (QED) is 0.447. The van der Waals surface area contributed by atoms with Crippen molar-refractivity contribution in [3.63, 3.8) is 0 Å². The molecule has 3 aromatic rings. The first-order valence-electron chi connectivity index (χ1n) is 11.1. The van der Waals surface area contributed by atoms with E-state index in [0.29, 0.717) is 17.1 Å². The molecule has 0 heterocycles. The van der Waals surface area contributed by atoms with E-state index in [1.165, 1.54) is 17.7 Å². The highest BCUT2D eigenvalue weighted by atomic mass is 32.2. The third-order valence-electron chi connectivity index (χ3n) is 5.55. The molecule has 1 atom stereocenters. The Hall–Kier alpha value is -3.32. The molecule has 3 aromatic carbocycles. The Morgan fingerprint density at radius 2 is 1.44 bits per heavy atom. The summed E-state index contributed by atoms with van der Waals surface area (Å²) in [5.74, 6) is 0.277. The second kappa shape index (κ2) is 9.89. The molecule has 0 radical (unpaired) electrons. The Bertz CT molecular complexity index is 1240. The van der Waals surface area contributed by atoms with E-state index in [-0.39, 0.29) is 16.2 Å². The van der Waals surface area contributed by atoms with E-state index >= 15 is 0 Å². The second-order valence-corrected chi connectivity index (χ2v) is 11.1. The number of aryl methyl sites for hydroxylation is 2. The molecule has 1 unspecified atom stereocenters. The number of carbonyl (C=O) groups excluding carboxylic acids is 1. The average Bonchev–Trinajstić information content (AvgIpc) is 2.76. The molecule has 180 valence electrons. The number of anilines is 2. The molecule has 0 saturated heterocycles. The van der Waals surface area contributed by atoms with Crippen molar-refractivity contribution in [3.8, 4) is 5.75 Å². The number of nitrogens with one attached hydrogen (secondary N) is 2. The van der Waals surface area contributed by atoms with E-state index in [4.69, 9.17) is 4.74 Å². The van der Waals surface area contributed by atoms with E-state index in [1.807, 2.05) is 56.3 Å². The summed E-state index contributed by atoms with van der Waals surface area (Å²) in [6.07, 6.45) is -0.727. The zero-order chi connectivity index (χ0) is 25.1. The highest BCUT2D eigenvalue weighted by Crippen LogP contribution is 2.26. The van der Waals surface area contributed by atoms with Gasteiger partial charge >= 0.3 is 0 Å². The molecule has 34 heavy (non-hydrogen) atoms. The van der Waals surface area contributed by atoms with Crippen LogP contribution in [0.25, 0.3) is 0 Å². The van der Waals surface area contributed by atoms with Crippen molar-refractivity contribution in [1.29, 1.82) is 0 Å². The first-order chi connectivity index (χ1) is 15.9. The summed E-state index contributed by atoms with van der Waals surface area (Å²) < 4.78 is 34.1. The van der Waals surface area contributed by atoms with Gasteiger partial charge in [0.25, 0.3) is 15.9 Å². The molecule has 0 saturated carbocycles. The third-order valence-corrected chi connectivity index (χ3v) is 6.92. The van der Waals surface area contributed by atoms with Crippen LogP contribution >= 0.6 is 0 Å². The van der Waals surface area contributed by atoms with Crippen LogP contribution in [0.15, 0.2) is 71.6 Å². The summed E-state index contributed by atoms with van der Waals surface area (Å²) in [4.78, 5) is 12.7. The first kappa shape index (κ1) is 25.3. The topological polar surface area (TPSA) is 84.5 Å². The number of para-hydroxylation sites is 1. The molecule has 0 aliphatic heterocycles. The fourth-order valence-corrected chi connectivity index (χ4v) is 4.62. The van der Waals surface area contributed by atoms with Gasteiger partial charge in [-0.2, -0.15) is 0 Å². The lowest BCUT2D eigenvalue weighted by atomic mass is 9.87. The largest absolute Gasteiger partial charge is 0.481 e. The number of amides is 1. The molecule has 2 N–H and O–H groups in total. The zero-order valence-electron chi connectivity index (χ0n) is 20.5. The van der Waals surface area contributed by atoms with Crippen LogP contribution in [0, 0.1) is 13.8 Å². The second-order valence-electron chi connectivity index (χ2n) is 9.42. The van der Waals surface area contributed by atoms with Crippen LogP contribution in [0.5, 0.6) is 5.75 Å². The highest BCUT2D eigenvalue weighted by Gasteiger charge is 2.19. The van der Waals surface area contributed by atoms with Crippen LogP contribution in [-0.2, 0) is 20.2 Å². The van der Waals surface area contributed by atoms with Crippen molar-refractivity contribution in [2.24, 2.45) is 0 Å². The van der Waals surface area contributed by atoms with Crippen molar-refractivity contribution in [2.45, 2.75) is 58.0 Å². The zero-order valence-corrected chi connectivity index (χ0v) is 21.3. The summed E-state index contributed by atoms with van der Waals surface area (Å²) in [5, 5.41) is 2.77. The van der Waals surface area contributed by atoms with Crippen LogP contribution in [0.2, 0.25) is 0 Å². The lowest BCUT2D eigenvalue weighted by Gasteiger charge is -2.20.